The summed E-state index contributed by atoms with van der Waals surface area (Å²) in [7, 11) is 0. The first-order chi connectivity index (χ1) is 17.0. The minimum atomic E-state index is -4.85. The Morgan fingerprint density at radius 3 is 2.56 bits per heavy atom. The Balaban J connectivity index is 1.73. The third-order valence-corrected chi connectivity index (χ3v) is 8.21. The van der Waals surface area contributed by atoms with Crippen molar-refractivity contribution < 1.29 is 36.6 Å². The predicted molar refractivity (Wildman–Crippen MR) is 125 cm³/mol. The van der Waals surface area contributed by atoms with Crippen molar-refractivity contribution in [1.29, 1.82) is 0 Å². The molecule has 0 bridgehead atoms. The predicted octanol–water partition coefficient (Wildman–Crippen LogP) is 4.73. The second kappa shape index (κ2) is 10.2. The quantitative estimate of drug-likeness (QED) is 0.345. The van der Waals surface area contributed by atoms with Gasteiger partial charge in [-0.15, -0.1) is 0 Å². The minimum Gasteiger partial charge on any atom is -0.396 e. The Hall–Kier alpha value is -2.37. The summed E-state index contributed by atoms with van der Waals surface area (Å²) in [5.74, 6) is -2.89. The van der Waals surface area contributed by atoms with Crippen molar-refractivity contribution in [3.8, 4) is 0 Å². The fraction of sp³-hybridized carbons (Fsp3) is 0.417. The van der Waals surface area contributed by atoms with Gasteiger partial charge in [-0.05, 0) is 54.3 Å². The maximum absolute atomic E-state index is 14.2. The molecule has 2 aromatic rings. The van der Waals surface area contributed by atoms with Crippen molar-refractivity contribution in [2.75, 3.05) is 18.9 Å². The summed E-state index contributed by atoms with van der Waals surface area (Å²) in [5.41, 5.74) is -2.47. The van der Waals surface area contributed by atoms with Crippen LogP contribution in [-0.4, -0.2) is 41.1 Å². The third kappa shape index (κ3) is 5.33. The van der Waals surface area contributed by atoms with Gasteiger partial charge in [0.2, 0.25) is 5.91 Å². The number of aliphatic hydroxyl groups excluding tert-OH is 1. The number of aliphatic hydroxyl groups is 1. The summed E-state index contributed by atoms with van der Waals surface area (Å²) in [5, 5.41) is 15.3. The monoisotopic (exact) mass is 548 g/mol. The lowest BCUT2D eigenvalue weighted by Gasteiger charge is -2.50. The van der Waals surface area contributed by atoms with E-state index in [1.807, 2.05) is 0 Å². The normalized spacial score (nSPS) is 25.9. The molecule has 5 nitrogen and oxygen atoms in total. The van der Waals surface area contributed by atoms with Crippen LogP contribution in [0.25, 0.3) is 0 Å². The molecule has 2 aromatic carbocycles. The molecule has 1 unspecified atom stereocenters. The van der Waals surface area contributed by atoms with Gasteiger partial charge in [0.25, 0.3) is 5.91 Å². The smallest absolute Gasteiger partial charge is 0.396 e. The molecule has 36 heavy (non-hydrogen) atoms. The Morgan fingerprint density at radius 2 is 1.92 bits per heavy atom. The summed E-state index contributed by atoms with van der Waals surface area (Å²) in [6.07, 6.45) is -4.63. The van der Waals surface area contributed by atoms with Crippen LogP contribution in [-0.2, 0) is 11.0 Å². The van der Waals surface area contributed by atoms with Crippen molar-refractivity contribution in [3.05, 3.63) is 69.7 Å². The molecule has 0 radical (unpaired) electrons. The second-order valence-corrected chi connectivity index (χ2v) is 10.6. The van der Waals surface area contributed by atoms with E-state index < -0.39 is 52.2 Å². The molecule has 2 aliphatic rings. The van der Waals surface area contributed by atoms with E-state index >= 15 is 0 Å². The molecule has 12 heteroatoms. The summed E-state index contributed by atoms with van der Waals surface area (Å²) in [6.45, 7) is -0.392. The lowest BCUT2D eigenvalue weighted by Crippen LogP contribution is -2.59. The summed E-state index contributed by atoms with van der Waals surface area (Å²) < 4.78 is 67.5. The molecule has 0 spiro atoms. The van der Waals surface area contributed by atoms with E-state index in [0.29, 0.717) is 29.5 Å². The van der Waals surface area contributed by atoms with Crippen LogP contribution in [0, 0.1) is 23.0 Å². The van der Waals surface area contributed by atoms with E-state index in [1.54, 1.807) is 0 Å². The standard InChI is InChI=1S/C24H22ClF5N2O3S/c25-18-2-1-15(26)9-17(18)21-23(19-10-36-19,13(3-4-33)8-20(34)32-21)11-31-22(35)12-5-14(24(28,29)30)7-16(27)6-12/h1-2,5-7,9,13,19,21,33H,3-4,8,10-11H2,(H,31,35)(H,32,34)/t13-,19?,21-,23-/m0/s1. The maximum Gasteiger partial charge on any atom is 0.416 e. The van der Waals surface area contributed by atoms with E-state index in [1.165, 1.54) is 30.0 Å². The molecular formula is C24H22ClF5N2O3S. The number of nitrogens with one attached hydrogen (secondary N) is 2. The van der Waals surface area contributed by atoms with E-state index in [-0.39, 0.29) is 42.2 Å². The first kappa shape index (κ1) is 26.7. The van der Waals surface area contributed by atoms with E-state index in [4.69, 9.17) is 11.6 Å². The van der Waals surface area contributed by atoms with Gasteiger partial charge in [-0.2, -0.15) is 24.9 Å². The highest BCUT2D eigenvalue weighted by molar-refractivity contribution is 8.06. The highest BCUT2D eigenvalue weighted by atomic mass is 35.5. The fourth-order valence-corrected chi connectivity index (χ4v) is 6.38. The van der Waals surface area contributed by atoms with E-state index in [0.717, 1.165) is 0 Å². The van der Waals surface area contributed by atoms with Crippen molar-refractivity contribution in [3.63, 3.8) is 0 Å². The van der Waals surface area contributed by atoms with Crippen molar-refractivity contribution in [2.45, 2.75) is 30.3 Å². The van der Waals surface area contributed by atoms with Crippen LogP contribution >= 0.6 is 23.4 Å². The number of thioether (sulfide) groups is 1. The number of hydrogen-bond donors (Lipinski definition) is 3. The van der Waals surface area contributed by atoms with Crippen LogP contribution in [0.5, 0.6) is 0 Å². The number of benzene rings is 2. The highest BCUT2D eigenvalue weighted by Gasteiger charge is 2.59. The van der Waals surface area contributed by atoms with Crippen LogP contribution < -0.4 is 10.6 Å². The molecule has 0 aliphatic carbocycles. The SMILES string of the molecule is O=C1C[C@H](CCO)[C@@](CNC(=O)c2cc(F)cc(C(F)(F)F)c2)(C2CS2)[C@H](c2cc(F)ccc2Cl)N1. The molecule has 2 fully saturated rings. The number of carbonyl (C=O) groups is 2. The Bertz CT molecular complexity index is 1180. The van der Waals surface area contributed by atoms with Gasteiger partial charge in [0.1, 0.15) is 11.6 Å². The molecule has 4 rings (SSSR count). The Labute approximate surface area is 212 Å². The van der Waals surface area contributed by atoms with Crippen LogP contribution in [0.1, 0.15) is 40.4 Å². The number of alkyl halides is 3. The van der Waals surface area contributed by atoms with Gasteiger partial charge in [-0.1, -0.05) is 11.6 Å². The van der Waals surface area contributed by atoms with Crippen molar-refractivity contribution in [2.24, 2.45) is 11.3 Å². The lowest BCUT2D eigenvalue weighted by atomic mass is 9.61. The number of piperidine rings is 1. The topological polar surface area (TPSA) is 78.4 Å². The van der Waals surface area contributed by atoms with Crippen LogP contribution in [0.15, 0.2) is 36.4 Å². The number of rotatable bonds is 7. The van der Waals surface area contributed by atoms with Gasteiger partial charge in [0.05, 0.1) is 11.6 Å². The average molecular weight is 549 g/mol. The summed E-state index contributed by atoms with van der Waals surface area (Å²) in [4.78, 5) is 25.5. The highest BCUT2D eigenvalue weighted by Crippen LogP contribution is 2.59. The maximum atomic E-state index is 14.2. The lowest BCUT2D eigenvalue weighted by molar-refractivity contribution is -0.137. The summed E-state index contributed by atoms with van der Waals surface area (Å²) >= 11 is 7.92. The number of amides is 2. The molecule has 2 amide bonds. The average Bonchev–Trinajstić information content (AvgIpc) is 3.65. The van der Waals surface area contributed by atoms with Crippen LogP contribution in [0.4, 0.5) is 22.0 Å². The molecule has 0 saturated carbocycles. The molecule has 194 valence electrons. The number of halogens is 6. The second-order valence-electron chi connectivity index (χ2n) is 8.92. The molecule has 3 N–H and O–H groups in total. The van der Waals surface area contributed by atoms with Crippen LogP contribution in [0.2, 0.25) is 5.02 Å². The van der Waals surface area contributed by atoms with E-state index in [2.05, 4.69) is 10.6 Å². The molecule has 2 aliphatic heterocycles. The Morgan fingerprint density at radius 1 is 1.19 bits per heavy atom. The number of carbonyl (C=O) groups excluding carboxylic acids is 2. The first-order valence-corrected chi connectivity index (χ1v) is 12.5. The minimum absolute atomic E-state index is 0.0229. The van der Waals surface area contributed by atoms with Gasteiger partial charge in [0, 0.05) is 46.6 Å². The molecule has 2 saturated heterocycles. The molecule has 4 atom stereocenters. The van der Waals surface area contributed by atoms with Gasteiger partial charge in [-0.25, -0.2) is 8.78 Å². The Kier molecular flexibility index (Phi) is 7.55. The van der Waals surface area contributed by atoms with Gasteiger partial charge >= 0.3 is 6.18 Å². The zero-order valence-electron chi connectivity index (χ0n) is 18.7. The third-order valence-electron chi connectivity index (χ3n) is 6.76. The molecule has 0 aromatic heterocycles. The first-order valence-electron chi connectivity index (χ1n) is 11.1. The van der Waals surface area contributed by atoms with Crippen molar-refractivity contribution in [1.82, 2.24) is 10.6 Å². The molecular weight excluding hydrogens is 527 g/mol. The van der Waals surface area contributed by atoms with Gasteiger partial charge < -0.3 is 15.7 Å². The molecule has 2 heterocycles. The largest absolute Gasteiger partial charge is 0.416 e. The van der Waals surface area contributed by atoms with Gasteiger partial charge in [-0.3, -0.25) is 9.59 Å². The fourth-order valence-electron chi connectivity index (χ4n) is 5.02. The van der Waals surface area contributed by atoms with Crippen molar-refractivity contribution >= 4 is 35.2 Å². The zero-order valence-corrected chi connectivity index (χ0v) is 20.2. The summed E-state index contributed by atoms with van der Waals surface area (Å²) in [6, 6.07) is 4.43. The van der Waals surface area contributed by atoms with Gasteiger partial charge in [0.15, 0.2) is 0 Å². The van der Waals surface area contributed by atoms with Crippen LogP contribution in [0.3, 0.4) is 0 Å². The number of hydrogen-bond acceptors (Lipinski definition) is 4. The van der Waals surface area contributed by atoms with E-state index in [9.17, 15) is 36.6 Å². The zero-order chi connectivity index (χ0) is 26.3.